The molecular formula is C23H24N2O4. The summed E-state index contributed by atoms with van der Waals surface area (Å²) in [5.41, 5.74) is 9.12. The second-order valence-corrected chi connectivity index (χ2v) is 7.37. The Morgan fingerprint density at radius 3 is 2.38 bits per heavy atom. The van der Waals surface area contributed by atoms with Crippen LogP contribution in [-0.2, 0) is 16.0 Å². The fraction of sp³-hybridized carbons (Fsp3) is 0.261. The Balaban J connectivity index is 1.89. The van der Waals surface area contributed by atoms with Crippen molar-refractivity contribution < 1.29 is 14.0 Å². The number of hydrazine groups is 1. The van der Waals surface area contributed by atoms with Gasteiger partial charge in [-0.25, -0.2) is 0 Å². The van der Waals surface area contributed by atoms with Gasteiger partial charge in [-0.3, -0.25) is 25.2 Å². The Kier molecular flexibility index (Phi) is 5.82. The summed E-state index contributed by atoms with van der Waals surface area (Å²) in [7, 11) is 0. The Hall–Kier alpha value is -3.41. The zero-order valence-electron chi connectivity index (χ0n) is 17.0. The SMILES string of the molecule is CC(C)=CCC(=O)NNC(=O)Cc1cccc2c(=O)c3ccc(C)c(C)c3oc12. The highest BCUT2D eigenvalue weighted by molar-refractivity contribution is 5.94. The molecule has 0 saturated carbocycles. The first-order chi connectivity index (χ1) is 13.8. The molecule has 0 spiro atoms. The van der Waals surface area contributed by atoms with Gasteiger partial charge in [0.15, 0.2) is 0 Å². The first kappa shape index (κ1) is 20.3. The summed E-state index contributed by atoms with van der Waals surface area (Å²) < 4.78 is 6.09. The van der Waals surface area contributed by atoms with E-state index >= 15 is 0 Å². The van der Waals surface area contributed by atoms with E-state index in [9.17, 15) is 14.4 Å². The minimum atomic E-state index is -0.397. The summed E-state index contributed by atoms with van der Waals surface area (Å²) in [5.74, 6) is -0.701. The van der Waals surface area contributed by atoms with E-state index < -0.39 is 5.91 Å². The van der Waals surface area contributed by atoms with Crippen molar-refractivity contribution in [1.82, 2.24) is 10.9 Å². The number of carbonyl (C=O) groups is 2. The molecular weight excluding hydrogens is 368 g/mol. The number of nitrogens with one attached hydrogen (secondary N) is 2. The van der Waals surface area contributed by atoms with E-state index in [2.05, 4.69) is 10.9 Å². The summed E-state index contributed by atoms with van der Waals surface area (Å²) in [4.78, 5) is 37.0. The average molecular weight is 392 g/mol. The van der Waals surface area contributed by atoms with E-state index in [4.69, 9.17) is 4.42 Å². The normalized spacial score (nSPS) is 10.8. The van der Waals surface area contributed by atoms with Crippen molar-refractivity contribution in [3.05, 3.63) is 68.9 Å². The third-order valence-corrected chi connectivity index (χ3v) is 4.85. The Morgan fingerprint density at radius 2 is 1.66 bits per heavy atom. The highest BCUT2D eigenvalue weighted by atomic mass is 16.3. The van der Waals surface area contributed by atoms with Gasteiger partial charge >= 0.3 is 0 Å². The lowest BCUT2D eigenvalue weighted by Gasteiger charge is -2.10. The third kappa shape index (κ3) is 4.37. The van der Waals surface area contributed by atoms with Gasteiger partial charge in [0.25, 0.3) is 0 Å². The van der Waals surface area contributed by atoms with Gasteiger partial charge in [0.2, 0.25) is 17.2 Å². The Morgan fingerprint density at radius 1 is 0.966 bits per heavy atom. The molecule has 6 nitrogen and oxygen atoms in total. The molecule has 3 rings (SSSR count). The van der Waals surface area contributed by atoms with Crippen LogP contribution < -0.4 is 16.3 Å². The van der Waals surface area contributed by atoms with E-state index in [1.165, 1.54) is 0 Å². The molecule has 0 bridgehead atoms. The summed E-state index contributed by atoms with van der Waals surface area (Å²) in [6.45, 7) is 7.65. The number of carbonyl (C=O) groups excluding carboxylic acids is 2. The zero-order valence-corrected chi connectivity index (χ0v) is 17.0. The van der Waals surface area contributed by atoms with Crippen LogP contribution in [0.1, 0.15) is 37.0 Å². The number of benzene rings is 2. The average Bonchev–Trinajstić information content (AvgIpc) is 2.68. The number of rotatable bonds is 4. The summed E-state index contributed by atoms with van der Waals surface area (Å²) >= 11 is 0. The van der Waals surface area contributed by atoms with Gasteiger partial charge < -0.3 is 4.42 Å². The second kappa shape index (κ2) is 8.31. The first-order valence-corrected chi connectivity index (χ1v) is 9.43. The van der Waals surface area contributed by atoms with Crippen LogP contribution in [0.2, 0.25) is 0 Å². The Bertz CT molecular complexity index is 1200. The highest BCUT2D eigenvalue weighted by Gasteiger charge is 2.15. The largest absolute Gasteiger partial charge is 0.455 e. The maximum Gasteiger partial charge on any atom is 0.242 e. The predicted octanol–water partition coefficient (Wildman–Crippen LogP) is 3.61. The number of aryl methyl sites for hydroxylation is 2. The Labute approximate surface area is 168 Å². The van der Waals surface area contributed by atoms with Gasteiger partial charge in [0.05, 0.1) is 17.2 Å². The molecule has 2 aromatic carbocycles. The van der Waals surface area contributed by atoms with E-state index in [0.717, 1.165) is 16.7 Å². The van der Waals surface area contributed by atoms with Crippen LogP contribution in [0, 0.1) is 13.8 Å². The second-order valence-electron chi connectivity index (χ2n) is 7.37. The van der Waals surface area contributed by atoms with E-state index in [-0.39, 0.29) is 24.2 Å². The maximum absolute atomic E-state index is 12.9. The van der Waals surface area contributed by atoms with Gasteiger partial charge in [-0.1, -0.05) is 29.8 Å². The fourth-order valence-corrected chi connectivity index (χ4v) is 3.08. The van der Waals surface area contributed by atoms with Crippen molar-refractivity contribution in [3.63, 3.8) is 0 Å². The van der Waals surface area contributed by atoms with Crippen LogP contribution in [0.5, 0.6) is 0 Å². The molecule has 0 aliphatic rings. The van der Waals surface area contributed by atoms with Gasteiger partial charge in [-0.05, 0) is 51.0 Å². The number of fused-ring (bicyclic) bond motifs is 2. The van der Waals surface area contributed by atoms with Gasteiger partial charge in [0, 0.05) is 12.0 Å². The fourth-order valence-electron chi connectivity index (χ4n) is 3.08. The van der Waals surface area contributed by atoms with Crippen molar-refractivity contribution in [2.24, 2.45) is 0 Å². The molecule has 2 amide bonds. The van der Waals surface area contributed by atoms with Gasteiger partial charge in [-0.2, -0.15) is 0 Å². The van der Waals surface area contributed by atoms with Crippen LogP contribution in [0.15, 0.2) is 51.2 Å². The van der Waals surface area contributed by atoms with Gasteiger partial charge in [0.1, 0.15) is 11.2 Å². The predicted molar refractivity (Wildman–Crippen MR) is 114 cm³/mol. The first-order valence-electron chi connectivity index (χ1n) is 9.43. The van der Waals surface area contributed by atoms with Crippen molar-refractivity contribution in [1.29, 1.82) is 0 Å². The minimum absolute atomic E-state index is 0.0282. The number of allylic oxidation sites excluding steroid dienone is 1. The smallest absolute Gasteiger partial charge is 0.242 e. The minimum Gasteiger partial charge on any atom is -0.455 e. The standard InChI is InChI=1S/C23H24N2O4/c1-13(2)8-11-19(26)24-25-20(27)12-16-6-5-7-17-21(28)18-10-9-14(3)15(4)22(18)29-23(16)17/h5-10H,11-12H2,1-4H3,(H,24,26)(H,25,27). The molecule has 0 unspecified atom stereocenters. The zero-order chi connectivity index (χ0) is 21.1. The molecule has 2 N–H and O–H groups in total. The third-order valence-electron chi connectivity index (χ3n) is 4.85. The molecule has 0 atom stereocenters. The lowest BCUT2D eigenvalue weighted by molar-refractivity contribution is -0.128. The van der Waals surface area contributed by atoms with Crippen molar-refractivity contribution >= 4 is 33.8 Å². The van der Waals surface area contributed by atoms with Crippen molar-refractivity contribution in [2.45, 2.75) is 40.5 Å². The highest BCUT2D eigenvalue weighted by Crippen LogP contribution is 2.25. The lowest BCUT2D eigenvalue weighted by atomic mass is 10.0. The topological polar surface area (TPSA) is 88.4 Å². The number of hydrogen-bond donors (Lipinski definition) is 2. The summed E-state index contributed by atoms with van der Waals surface area (Å²) in [6, 6.07) is 8.83. The molecule has 29 heavy (non-hydrogen) atoms. The van der Waals surface area contributed by atoms with Crippen LogP contribution in [0.4, 0.5) is 0 Å². The molecule has 0 saturated heterocycles. The van der Waals surface area contributed by atoms with E-state index in [0.29, 0.717) is 27.5 Å². The molecule has 0 radical (unpaired) electrons. The molecule has 0 aliphatic carbocycles. The van der Waals surface area contributed by atoms with Crippen LogP contribution in [0.3, 0.4) is 0 Å². The van der Waals surface area contributed by atoms with E-state index in [1.807, 2.05) is 33.8 Å². The molecule has 1 aromatic heterocycles. The molecule has 0 fully saturated rings. The van der Waals surface area contributed by atoms with Crippen LogP contribution in [-0.4, -0.2) is 11.8 Å². The van der Waals surface area contributed by atoms with Gasteiger partial charge in [-0.15, -0.1) is 0 Å². The van der Waals surface area contributed by atoms with Crippen molar-refractivity contribution in [3.8, 4) is 0 Å². The number of para-hydroxylation sites is 1. The maximum atomic E-state index is 12.9. The molecule has 6 heteroatoms. The molecule has 0 aliphatic heterocycles. The molecule has 3 aromatic rings. The lowest BCUT2D eigenvalue weighted by Crippen LogP contribution is -2.42. The molecule has 1 heterocycles. The number of hydrogen-bond acceptors (Lipinski definition) is 4. The summed E-state index contributed by atoms with van der Waals surface area (Å²) in [5, 5.41) is 0.951. The monoisotopic (exact) mass is 392 g/mol. The molecule has 150 valence electrons. The quantitative estimate of drug-likeness (QED) is 0.403. The van der Waals surface area contributed by atoms with Crippen LogP contribution in [0.25, 0.3) is 21.9 Å². The summed E-state index contributed by atoms with van der Waals surface area (Å²) in [6.07, 6.45) is 1.94. The van der Waals surface area contributed by atoms with E-state index in [1.54, 1.807) is 30.3 Å². The number of amides is 2. The van der Waals surface area contributed by atoms with Crippen LogP contribution >= 0.6 is 0 Å². The van der Waals surface area contributed by atoms with Crippen molar-refractivity contribution in [2.75, 3.05) is 0 Å².